The molecule has 1 aliphatic rings. The van der Waals surface area contributed by atoms with Crippen molar-refractivity contribution in [3.8, 4) is 16.9 Å². The smallest absolute Gasteiger partial charge is 0.387 e. The number of nitrogens with zero attached hydrogens (tertiary/aromatic N) is 1. The third-order valence-corrected chi connectivity index (χ3v) is 6.60. The first-order valence-electron chi connectivity index (χ1n) is 11.2. The van der Waals surface area contributed by atoms with Crippen molar-refractivity contribution < 1.29 is 28.2 Å². The summed E-state index contributed by atoms with van der Waals surface area (Å²) in [5, 5.41) is 12.8. The quantitative estimate of drug-likeness (QED) is 0.370. The zero-order valence-corrected chi connectivity index (χ0v) is 20.3. The van der Waals surface area contributed by atoms with Crippen molar-refractivity contribution in [3.63, 3.8) is 0 Å². The van der Waals surface area contributed by atoms with Crippen LogP contribution in [0, 0.1) is 12.8 Å². The molecule has 1 aromatic heterocycles. The molecule has 8 heteroatoms. The van der Waals surface area contributed by atoms with E-state index >= 15 is 0 Å². The molecule has 1 unspecified atom stereocenters. The van der Waals surface area contributed by atoms with Gasteiger partial charge in [0.1, 0.15) is 5.75 Å². The molecular formula is C27H25F2NO4S. The molecule has 3 aromatic rings. The first kappa shape index (κ1) is 24.6. The number of hydrogen-bond donors (Lipinski definition) is 1. The van der Waals surface area contributed by atoms with Crippen LogP contribution in [0.4, 0.5) is 14.5 Å². The summed E-state index contributed by atoms with van der Waals surface area (Å²) >= 11 is 1.62. The SMILES string of the molecule is Cc1cc(-c2ccc(N3C(=O)C(O)=C(C(=O)CC(C)C)C3c3ccccc3OC(F)F)cc2)cs1. The Bertz CT molecular complexity index is 1280. The molecule has 0 radical (unpaired) electrons. The van der Waals surface area contributed by atoms with Crippen LogP contribution in [-0.2, 0) is 9.59 Å². The van der Waals surface area contributed by atoms with Gasteiger partial charge >= 0.3 is 6.61 Å². The highest BCUT2D eigenvalue weighted by Crippen LogP contribution is 2.45. The van der Waals surface area contributed by atoms with E-state index in [1.807, 2.05) is 38.3 Å². The number of hydrogen-bond acceptors (Lipinski definition) is 5. The number of aliphatic hydroxyl groups excluding tert-OH is 1. The highest BCUT2D eigenvalue weighted by molar-refractivity contribution is 7.10. The molecule has 182 valence electrons. The maximum absolute atomic E-state index is 13.3. The minimum atomic E-state index is -3.09. The topological polar surface area (TPSA) is 66.8 Å². The monoisotopic (exact) mass is 497 g/mol. The van der Waals surface area contributed by atoms with Gasteiger partial charge < -0.3 is 9.84 Å². The molecule has 4 rings (SSSR count). The molecule has 0 saturated heterocycles. The van der Waals surface area contributed by atoms with Crippen molar-refractivity contribution in [2.45, 2.75) is 39.8 Å². The average Bonchev–Trinajstić information content (AvgIpc) is 3.34. The fourth-order valence-electron chi connectivity index (χ4n) is 4.25. The number of carbonyl (C=O) groups excluding carboxylic acids is 2. The lowest BCUT2D eigenvalue weighted by molar-refractivity contribution is -0.118. The number of ether oxygens (including phenoxy) is 1. The van der Waals surface area contributed by atoms with Gasteiger partial charge in [-0.05, 0) is 53.6 Å². The lowest BCUT2D eigenvalue weighted by atomic mass is 9.91. The van der Waals surface area contributed by atoms with E-state index in [1.165, 1.54) is 23.1 Å². The predicted octanol–water partition coefficient (Wildman–Crippen LogP) is 6.84. The number of para-hydroxylation sites is 1. The number of rotatable bonds is 8. The Balaban J connectivity index is 1.82. The first-order chi connectivity index (χ1) is 16.7. The summed E-state index contributed by atoms with van der Waals surface area (Å²) < 4.78 is 31.0. The van der Waals surface area contributed by atoms with Gasteiger partial charge in [0.2, 0.25) is 0 Å². The molecule has 0 aliphatic carbocycles. The molecule has 1 atom stereocenters. The van der Waals surface area contributed by atoms with Crippen LogP contribution in [0.3, 0.4) is 0 Å². The number of ketones is 1. The van der Waals surface area contributed by atoms with Crippen molar-refractivity contribution >= 4 is 28.7 Å². The zero-order valence-electron chi connectivity index (χ0n) is 19.5. The molecule has 1 aliphatic heterocycles. The Hall–Kier alpha value is -3.52. The Morgan fingerprint density at radius 1 is 1.11 bits per heavy atom. The van der Waals surface area contributed by atoms with Gasteiger partial charge in [0, 0.05) is 22.5 Å². The molecule has 1 amide bonds. The Kier molecular flexibility index (Phi) is 7.03. The van der Waals surface area contributed by atoms with E-state index in [9.17, 15) is 23.5 Å². The minimum Gasteiger partial charge on any atom is -0.503 e. The number of alkyl halides is 2. The van der Waals surface area contributed by atoms with Crippen LogP contribution in [0.25, 0.3) is 11.1 Å². The van der Waals surface area contributed by atoms with Gasteiger partial charge in [0.15, 0.2) is 11.5 Å². The fourth-order valence-corrected chi connectivity index (χ4v) is 4.96. The largest absolute Gasteiger partial charge is 0.503 e. The lowest BCUT2D eigenvalue weighted by Crippen LogP contribution is -2.31. The van der Waals surface area contributed by atoms with Gasteiger partial charge in [-0.15, -0.1) is 11.3 Å². The molecule has 5 nitrogen and oxygen atoms in total. The van der Waals surface area contributed by atoms with E-state index < -0.39 is 30.1 Å². The summed E-state index contributed by atoms with van der Waals surface area (Å²) in [6, 6.07) is 14.1. The van der Waals surface area contributed by atoms with Crippen LogP contribution in [0.1, 0.15) is 36.8 Å². The predicted molar refractivity (Wildman–Crippen MR) is 132 cm³/mol. The van der Waals surface area contributed by atoms with Gasteiger partial charge in [-0.3, -0.25) is 14.5 Å². The number of Topliss-reactive ketones (excluding diaryl/α,β-unsaturated/α-hetero) is 1. The summed E-state index contributed by atoms with van der Waals surface area (Å²) in [5.41, 5.74) is 2.46. The molecule has 2 aromatic carbocycles. The molecule has 0 spiro atoms. The van der Waals surface area contributed by atoms with Gasteiger partial charge in [-0.25, -0.2) is 0 Å². The van der Waals surface area contributed by atoms with Gasteiger partial charge in [0.05, 0.1) is 11.6 Å². The number of thiophene rings is 1. The minimum absolute atomic E-state index is 0.0338. The van der Waals surface area contributed by atoms with Crippen LogP contribution >= 0.6 is 11.3 Å². The Morgan fingerprint density at radius 3 is 2.40 bits per heavy atom. The van der Waals surface area contributed by atoms with E-state index in [0.29, 0.717) is 5.69 Å². The molecule has 35 heavy (non-hydrogen) atoms. The third kappa shape index (κ3) is 4.98. The van der Waals surface area contributed by atoms with Crippen molar-refractivity contribution in [1.29, 1.82) is 0 Å². The van der Waals surface area contributed by atoms with E-state index in [-0.39, 0.29) is 29.2 Å². The van der Waals surface area contributed by atoms with Crippen molar-refractivity contribution in [3.05, 3.63) is 81.8 Å². The van der Waals surface area contributed by atoms with Crippen LogP contribution < -0.4 is 9.64 Å². The number of anilines is 1. The van der Waals surface area contributed by atoms with E-state index in [1.54, 1.807) is 29.5 Å². The molecule has 0 bridgehead atoms. The van der Waals surface area contributed by atoms with Crippen molar-refractivity contribution in [2.24, 2.45) is 5.92 Å². The standard InChI is InChI=1S/C27H25F2NO4S/c1-15(2)12-21(31)23-24(20-6-4-5-7-22(20)34-27(28)29)30(26(33)25(23)32)19-10-8-17(9-11-19)18-13-16(3)35-14-18/h4-11,13-15,24,27,32H,12H2,1-3H3. The van der Waals surface area contributed by atoms with Crippen LogP contribution in [0.15, 0.2) is 71.3 Å². The highest BCUT2D eigenvalue weighted by atomic mass is 32.1. The number of benzene rings is 2. The van der Waals surface area contributed by atoms with Crippen LogP contribution in [0.2, 0.25) is 0 Å². The lowest BCUT2D eigenvalue weighted by Gasteiger charge is -2.28. The van der Waals surface area contributed by atoms with Gasteiger partial charge in [0.25, 0.3) is 5.91 Å². The zero-order chi connectivity index (χ0) is 25.3. The maximum Gasteiger partial charge on any atom is 0.387 e. The molecule has 1 N–H and O–H groups in total. The number of aliphatic hydroxyl groups is 1. The van der Waals surface area contributed by atoms with Gasteiger partial charge in [-0.2, -0.15) is 8.78 Å². The number of aryl methyl sites for hydroxylation is 1. The Labute approximate surface area is 206 Å². The molecule has 0 saturated carbocycles. The molecule has 0 fully saturated rings. The Morgan fingerprint density at radius 2 is 1.80 bits per heavy atom. The third-order valence-electron chi connectivity index (χ3n) is 5.74. The fraction of sp³-hybridized carbons (Fsp3) is 0.259. The second-order valence-electron chi connectivity index (χ2n) is 8.77. The first-order valence-corrected chi connectivity index (χ1v) is 12.0. The summed E-state index contributed by atoms with van der Waals surface area (Å²) in [4.78, 5) is 28.9. The average molecular weight is 498 g/mol. The maximum atomic E-state index is 13.3. The molecule has 2 heterocycles. The summed E-state index contributed by atoms with van der Waals surface area (Å²) in [7, 11) is 0. The van der Waals surface area contributed by atoms with Gasteiger partial charge in [-0.1, -0.05) is 44.2 Å². The normalized spacial score (nSPS) is 16.0. The second kappa shape index (κ2) is 10.00. The van der Waals surface area contributed by atoms with E-state index in [4.69, 9.17) is 4.74 Å². The van der Waals surface area contributed by atoms with Crippen LogP contribution in [-0.4, -0.2) is 23.4 Å². The van der Waals surface area contributed by atoms with E-state index in [0.717, 1.165) is 16.0 Å². The summed E-state index contributed by atoms with van der Waals surface area (Å²) in [6.07, 6.45) is 0.0886. The second-order valence-corrected chi connectivity index (χ2v) is 9.89. The molecular weight excluding hydrogens is 472 g/mol. The number of carbonyl (C=O) groups is 2. The van der Waals surface area contributed by atoms with Crippen molar-refractivity contribution in [1.82, 2.24) is 0 Å². The van der Waals surface area contributed by atoms with E-state index in [2.05, 4.69) is 6.07 Å². The van der Waals surface area contributed by atoms with Crippen molar-refractivity contribution in [2.75, 3.05) is 4.90 Å². The summed E-state index contributed by atoms with van der Waals surface area (Å²) in [5.74, 6) is -2.07. The highest BCUT2D eigenvalue weighted by Gasteiger charge is 2.45. The number of amides is 1. The summed E-state index contributed by atoms with van der Waals surface area (Å²) in [6.45, 7) is 2.61. The van der Waals surface area contributed by atoms with Crippen LogP contribution in [0.5, 0.6) is 5.75 Å². The number of halogens is 2.